The van der Waals surface area contributed by atoms with Crippen LogP contribution in [0.15, 0.2) is 29.6 Å². The molecule has 0 amide bonds. The molecule has 0 saturated carbocycles. The van der Waals surface area contributed by atoms with Gasteiger partial charge in [0.2, 0.25) is 0 Å². The molecule has 1 heterocycles. The Balaban J connectivity index is 2.03. The maximum absolute atomic E-state index is 8.93. The summed E-state index contributed by atoms with van der Waals surface area (Å²) in [6, 6.07) is 9.75. The molecule has 19 heavy (non-hydrogen) atoms. The van der Waals surface area contributed by atoms with Crippen LogP contribution < -0.4 is 10.1 Å². The summed E-state index contributed by atoms with van der Waals surface area (Å²) in [6.45, 7) is 3.64. The Kier molecular flexibility index (Phi) is 4.56. The Labute approximate surface area is 117 Å². The van der Waals surface area contributed by atoms with E-state index in [0.29, 0.717) is 12.1 Å². The summed E-state index contributed by atoms with van der Waals surface area (Å²) in [5.74, 6) is 0.814. The van der Waals surface area contributed by atoms with Gasteiger partial charge >= 0.3 is 0 Å². The Bertz CT molecular complexity index is 598. The molecule has 1 aromatic heterocycles. The van der Waals surface area contributed by atoms with E-state index in [-0.39, 0.29) is 0 Å². The number of rotatable bonds is 5. The van der Waals surface area contributed by atoms with Crippen LogP contribution in [0.1, 0.15) is 21.6 Å². The van der Waals surface area contributed by atoms with E-state index in [1.54, 1.807) is 24.5 Å². The van der Waals surface area contributed by atoms with Gasteiger partial charge in [0, 0.05) is 23.5 Å². The van der Waals surface area contributed by atoms with Crippen LogP contribution in [0.3, 0.4) is 0 Å². The van der Waals surface area contributed by atoms with Gasteiger partial charge in [0.05, 0.1) is 18.7 Å². The quantitative estimate of drug-likeness (QED) is 0.909. The number of nitrogens with zero attached hydrogens (tertiary/aromatic N) is 1. The van der Waals surface area contributed by atoms with Crippen molar-refractivity contribution >= 4 is 11.3 Å². The van der Waals surface area contributed by atoms with Gasteiger partial charge in [-0.3, -0.25) is 0 Å². The van der Waals surface area contributed by atoms with E-state index in [1.807, 2.05) is 12.1 Å². The number of methoxy groups -OCH3 is 1. The highest BCUT2D eigenvalue weighted by molar-refractivity contribution is 7.10. The number of thiophene rings is 1. The summed E-state index contributed by atoms with van der Waals surface area (Å²) in [7, 11) is 1.65. The van der Waals surface area contributed by atoms with Crippen LogP contribution in [-0.4, -0.2) is 7.11 Å². The number of benzene rings is 1. The third-order valence-electron chi connectivity index (χ3n) is 2.98. The lowest BCUT2D eigenvalue weighted by Crippen LogP contribution is -2.13. The summed E-state index contributed by atoms with van der Waals surface area (Å²) >= 11 is 1.76. The van der Waals surface area contributed by atoms with Crippen molar-refractivity contribution in [3.8, 4) is 11.8 Å². The van der Waals surface area contributed by atoms with E-state index in [4.69, 9.17) is 10.00 Å². The van der Waals surface area contributed by atoms with Crippen molar-refractivity contribution < 1.29 is 4.74 Å². The molecule has 4 heteroatoms. The first-order valence-corrected chi connectivity index (χ1v) is 6.93. The van der Waals surface area contributed by atoms with E-state index in [0.717, 1.165) is 17.9 Å². The monoisotopic (exact) mass is 272 g/mol. The second-order valence-corrected chi connectivity index (χ2v) is 5.27. The van der Waals surface area contributed by atoms with Crippen molar-refractivity contribution in [2.45, 2.75) is 20.0 Å². The average molecular weight is 272 g/mol. The van der Waals surface area contributed by atoms with Gasteiger partial charge in [0.25, 0.3) is 0 Å². The normalized spacial score (nSPS) is 10.2. The molecule has 0 bridgehead atoms. The van der Waals surface area contributed by atoms with Gasteiger partial charge in [-0.15, -0.1) is 11.3 Å². The highest BCUT2D eigenvalue weighted by Crippen LogP contribution is 2.20. The zero-order valence-electron chi connectivity index (χ0n) is 11.1. The second-order valence-electron chi connectivity index (χ2n) is 4.27. The lowest BCUT2D eigenvalue weighted by molar-refractivity contribution is 0.407. The zero-order valence-corrected chi connectivity index (χ0v) is 11.9. The fraction of sp³-hybridized carbons (Fsp3) is 0.267. The number of hydrogen-bond donors (Lipinski definition) is 1. The van der Waals surface area contributed by atoms with Gasteiger partial charge in [0.1, 0.15) is 5.75 Å². The smallest absolute Gasteiger partial charge is 0.123 e. The number of ether oxygens (including phenoxy) is 1. The third kappa shape index (κ3) is 3.34. The topological polar surface area (TPSA) is 45.0 Å². The lowest BCUT2D eigenvalue weighted by Gasteiger charge is -2.10. The first kappa shape index (κ1) is 13.6. The predicted molar refractivity (Wildman–Crippen MR) is 77.3 cm³/mol. The summed E-state index contributed by atoms with van der Waals surface area (Å²) in [5, 5.41) is 14.4. The first-order valence-electron chi connectivity index (χ1n) is 6.05. The summed E-state index contributed by atoms with van der Waals surface area (Å²) in [5.41, 5.74) is 2.98. The predicted octanol–water partition coefficient (Wildman–Crippen LogP) is 3.23. The van der Waals surface area contributed by atoms with Crippen molar-refractivity contribution in [3.63, 3.8) is 0 Å². The molecule has 1 N–H and O–H groups in total. The Morgan fingerprint density at radius 2 is 2.16 bits per heavy atom. The van der Waals surface area contributed by atoms with Crippen molar-refractivity contribution in [2.24, 2.45) is 0 Å². The standard InChI is InChI=1S/C15H16N2OS/c1-11-5-6-19-15(11)10-17-9-13-7-12(8-16)3-4-14(13)18-2/h3-7,17H,9-10H2,1-2H3. The van der Waals surface area contributed by atoms with Crippen LogP contribution in [0.4, 0.5) is 0 Å². The van der Waals surface area contributed by atoms with Crippen LogP contribution in [-0.2, 0) is 13.1 Å². The Morgan fingerprint density at radius 1 is 1.32 bits per heavy atom. The van der Waals surface area contributed by atoms with Gasteiger partial charge in [-0.1, -0.05) is 0 Å². The van der Waals surface area contributed by atoms with Crippen molar-refractivity contribution in [1.29, 1.82) is 5.26 Å². The molecule has 0 spiro atoms. The summed E-state index contributed by atoms with van der Waals surface area (Å²) < 4.78 is 5.31. The fourth-order valence-corrected chi connectivity index (χ4v) is 2.76. The molecule has 2 aromatic rings. The molecular formula is C15H16N2OS. The minimum absolute atomic E-state index is 0.657. The Morgan fingerprint density at radius 3 is 2.79 bits per heavy atom. The number of aryl methyl sites for hydroxylation is 1. The highest BCUT2D eigenvalue weighted by atomic mass is 32.1. The van der Waals surface area contributed by atoms with E-state index < -0.39 is 0 Å². The van der Waals surface area contributed by atoms with Gasteiger partial charge in [0.15, 0.2) is 0 Å². The van der Waals surface area contributed by atoms with Gasteiger partial charge in [-0.05, 0) is 42.1 Å². The zero-order chi connectivity index (χ0) is 13.7. The molecule has 0 unspecified atom stereocenters. The van der Waals surface area contributed by atoms with Gasteiger partial charge < -0.3 is 10.1 Å². The van der Waals surface area contributed by atoms with Crippen LogP contribution in [0.5, 0.6) is 5.75 Å². The largest absolute Gasteiger partial charge is 0.496 e. The molecule has 2 rings (SSSR count). The van der Waals surface area contributed by atoms with E-state index >= 15 is 0 Å². The molecule has 0 saturated heterocycles. The maximum atomic E-state index is 8.93. The molecule has 0 aliphatic carbocycles. The number of hydrogen-bond acceptors (Lipinski definition) is 4. The van der Waals surface area contributed by atoms with Crippen molar-refractivity contribution in [3.05, 3.63) is 51.2 Å². The summed E-state index contributed by atoms with van der Waals surface area (Å²) in [4.78, 5) is 1.34. The molecule has 1 aromatic carbocycles. The van der Waals surface area contributed by atoms with Gasteiger partial charge in [-0.2, -0.15) is 5.26 Å². The van der Waals surface area contributed by atoms with E-state index in [9.17, 15) is 0 Å². The molecule has 98 valence electrons. The molecule has 0 aliphatic rings. The molecule has 3 nitrogen and oxygen atoms in total. The van der Waals surface area contributed by atoms with Crippen LogP contribution in [0, 0.1) is 18.3 Å². The van der Waals surface area contributed by atoms with E-state index in [2.05, 4.69) is 29.8 Å². The van der Waals surface area contributed by atoms with Crippen molar-refractivity contribution in [2.75, 3.05) is 7.11 Å². The van der Waals surface area contributed by atoms with Crippen molar-refractivity contribution in [1.82, 2.24) is 5.32 Å². The SMILES string of the molecule is COc1ccc(C#N)cc1CNCc1sccc1C. The third-order valence-corrected chi connectivity index (χ3v) is 4.00. The minimum atomic E-state index is 0.657. The van der Waals surface area contributed by atoms with Gasteiger partial charge in [-0.25, -0.2) is 0 Å². The molecule has 0 aliphatic heterocycles. The van der Waals surface area contributed by atoms with Crippen LogP contribution in [0.2, 0.25) is 0 Å². The average Bonchev–Trinajstić information content (AvgIpc) is 2.84. The van der Waals surface area contributed by atoms with Crippen LogP contribution >= 0.6 is 11.3 Å². The first-order chi connectivity index (χ1) is 9.24. The molecule has 0 fully saturated rings. The molecule has 0 atom stereocenters. The lowest BCUT2D eigenvalue weighted by atomic mass is 10.1. The molecule has 0 radical (unpaired) electrons. The second kappa shape index (κ2) is 6.37. The number of nitriles is 1. The van der Waals surface area contributed by atoms with Crippen LogP contribution in [0.25, 0.3) is 0 Å². The summed E-state index contributed by atoms with van der Waals surface area (Å²) in [6.07, 6.45) is 0. The minimum Gasteiger partial charge on any atom is -0.496 e. The molecular weight excluding hydrogens is 256 g/mol. The maximum Gasteiger partial charge on any atom is 0.123 e. The Hall–Kier alpha value is -1.83. The van der Waals surface area contributed by atoms with E-state index in [1.165, 1.54) is 10.4 Å². The fourth-order valence-electron chi connectivity index (χ4n) is 1.88. The highest BCUT2D eigenvalue weighted by Gasteiger charge is 2.05. The number of nitrogens with one attached hydrogen (secondary N) is 1.